The van der Waals surface area contributed by atoms with Crippen LogP contribution in [0.15, 0.2) is 18.2 Å². The highest BCUT2D eigenvalue weighted by atomic mass is 19.1. The van der Waals surface area contributed by atoms with E-state index >= 15 is 0 Å². The molecule has 1 rings (SSSR count). The lowest BCUT2D eigenvalue weighted by molar-refractivity contribution is 0.0696. The first-order valence-electron chi connectivity index (χ1n) is 5.81. The van der Waals surface area contributed by atoms with Crippen LogP contribution >= 0.6 is 0 Å². The van der Waals surface area contributed by atoms with Crippen molar-refractivity contribution in [2.45, 2.75) is 13.5 Å². The van der Waals surface area contributed by atoms with Gasteiger partial charge in [0.15, 0.2) is 0 Å². The highest BCUT2D eigenvalue weighted by molar-refractivity contribution is 5.87. The lowest BCUT2D eigenvalue weighted by atomic mass is 10.1. The Morgan fingerprint density at radius 2 is 2.22 bits per heavy atom. The maximum absolute atomic E-state index is 13.6. The summed E-state index contributed by atoms with van der Waals surface area (Å²) in [5, 5.41) is 8.88. The zero-order valence-electron chi connectivity index (χ0n) is 10.6. The van der Waals surface area contributed by atoms with E-state index in [1.807, 2.05) is 11.8 Å². The minimum atomic E-state index is -1.05. The molecule has 0 radical (unpaired) electrons. The Balaban J connectivity index is 2.80. The van der Waals surface area contributed by atoms with Crippen LogP contribution in [0, 0.1) is 5.82 Å². The highest BCUT2D eigenvalue weighted by Gasteiger charge is 2.11. The largest absolute Gasteiger partial charge is 0.478 e. The SMILES string of the molecule is CCN(CCOC)Cc1cc(C(=O)O)ccc1F. The van der Waals surface area contributed by atoms with Crippen molar-refractivity contribution in [1.82, 2.24) is 4.90 Å². The van der Waals surface area contributed by atoms with Gasteiger partial charge in [-0.3, -0.25) is 4.90 Å². The molecule has 0 aliphatic heterocycles. The molecule has 0 bridgehead atoms. The van der Waals surface area contributed by atoms with Gasteiger partial charge < -0.3 is 9.84 Å². The minimum Gasteiger partial charge on any atom is -0.478 e. The molecular weight excluding hydrogens is 237 g/mol. The van der Waals surface area contributed by atoms with Gasteiger partial charge in [0, 0.05) is 25.8 Å². The summed E-state index contributed by atoms with van der Waals surface area (Å²) in [6.07, 6.45) is 0. The van der Waals surface area contributed by atoms with Gasteiger partial charge in [-0.05, 0) is 24.7 Å². The van der Waals surface area contributed by atoms with Gasteiger partial charge in [0.1, 0.15) is 5.82 Å². The summed E-state index contributed by atoms with van der Waals surface area (Å²) in [6, 6.07) is 3.85. The standard InChI is InChI=1S/C13H18FNO3/c1-3-15(6-7-18-2)9-11-8-10(13(16)17)4-5-12(11)14/h4-5,8H,3,6-7,9H2,1-2H3,(H,16,17). The van der Waals surface area contributed by atoms with E-state index in [2.05, 4.69) is 0 Å². The third-order valence-corrected chi connectivity index (χ3v) is 2.75. The summed E-state index contributed by atoms with van der Waals surface area (Å²) < 4.78 is 18.6. The molecular formula is C13H18FNO3. The normalized spacial score (nSPS) is 10.9. The summed E-state index contributed by atoms with van der Waals surface area (Å²) in [6.45, 7) is 4.35. The van der Waals surface area contributed by atoms with Crippen molar-refractivity contribution in [2.75, 3.05) is 26.8 Å². The van der Waals surface area contributed by atoms with Crippen LogP contribution in [0.4, 0.5) is 4.39 Å². The predicted molar refractivity (Wildman–Crippen MR) is 66.2 cm³/mol. The summed E-state index contributed by atoms with van der Waals surface area (Å²) in [4.78, 5) is 12.8. The number of likely N-dealkylation sites (N-methyl/N-ethyl adjacent to an activating group) is 1. The van der Waals surface area contributed by atoms with E-state index in [1.54, 1.807) is 7.11 Å². The molecule has 0 atom stereocenters. The molecule has 1 aromatic rings. The molecule has 0 unspecified atom stereocenters. The molecule has 0 amide bonds. The van der Waals surface area contributed by atoms with Crippen LogP contribution in [0.2, 0.25) is 0 Å². The molecule has 1 aromatic carbocycles. The van der Waals surface area contributed by atoms with E-state index in [0.717, 1.165) is 6.54 Å². The van der Waals surface area contributed by atoms with E-state index in [4.69, 9.17) is 9.84 Å². The second-order valence-electron chi connectivity index (χ2n) is 3.97. The van der Waals surface area contributed by atoms with E-state index in [1.165, 1.54) is 18.2 Å². The van der Waals surface area contributed by atoms with Gasteiger partial charge in [-0.1, -0.05) is 6.92 Å². The number of hydrogen-bond acceptors (Lipinski definition) is 3. The van der Waals surface area contributed by atoms with Gasteiger partial charge in [-0.2, -0.15) is 0 Å². The van der Waals surface area contributed by atoms with Crippen LogP contribution in [-0.4, -0.2) is 42.8 Å². The molecule has 0 aliphatic rings. The maximum Gasteiger partial charge on any atom is 0.335 e. The highest BCUT2D eigenvalue weighted by Crippen LogP contribution is 2.13. The number of carbonyl (C=O) groups is 1. The van der Waals surface area contributed by atoms with Gasteiger partial charge in [0.2, 0.25) is 0 Å². The van der Waals surface area contributed by atoms with Crippen molar-refractivity contribution in [3.63, 3.8) is 0 Å². The summed E-state index contributed by atoms with van der Waals surface area (Å²) in [5.41, 5.74) is 0.502. The molecule has 0 aliphatic carbocycles. The second-order valence-corrected chi connectivity index (χ2v) is 3.97. The van der Waals surface area contributed by atoms with Crippen LogP contribution in [0.3, 0.4) is 0 Å². The van der Waals surface area contributed by atoms with Crippen LogP contribution in [0.5, 0.6) is 0 Å². The molecule has 1 N–H and O–H groups in total. The number of nitrogens with zero attached hydrogens (tertiary/aromatic N) is 1. The van der Waals surface area contributed by atoms with Crippen LogP contribution < -0.4 is 0 Å². The average molecular weight is 255 g/mol. The molecule has 0 saturated carbocycles. The Morgan fingerprint density at radius 3 is 2.78 bits per heavy atom. The maximum atomic E-state index is 13.6. The van der Waals surface area contributed by atoms with Crippen molar-refractivity contribution in [3.8, 4) is 0 Å². The molecule has 0 heterocycles. The molecule has 18 heavy (non-hydrogen) atoms. The zero-order valence-corrected chi connectivity index (χ0v) is 10.6. The Bertz CT molecular complexity index is 409. The van der Waals surface area contributed by atoms with Crippen LogP contribution in [0.1, 0.15) is 22.8 Å². The zero-order chi connectivity index (χ0) is 13.5. The first-order valence-corrected chi connectivity index (χ1v) is 5.81. The van der Waals surface area contributed by atoms with Gasteiger partial charge >= 0.3 is 5.97 Å². The minimum absolute atomic E-state index is 0.106. The number of hydrogen-bond donors (Lipinski definition) is 1. The quantitative estimate of drug-likeness (QED) is 0.809. The fourth-order valence-electron chi connectivity index (χ4n) is 1.64. The molecule has 0 fully saturated rings. The van der Waals surface area contributed by atoms with E-state index < -0.39 is 5.97 Å². The van der Waals surface area contributed by atoms with Crippen molar-refractivity contribution in [2.24, 2.45) is 0 Å². The summed E-state index contributed by atoms with van der Waals surface area (Å²) in [7, 11) is 1.61. The first kappa shape index (κ1) is 14.6. The summed E-state index contributed by atoms with van der Waals surface area (Å²) >= 11 is 0. The van der Waals surface area contributed by atoms with Crippen molar-refractivity contribution in [1.29, 1.82) is 0 Å². The fraction of sp³-hybridized carbons (Fsp3) is 0.462. The molecule has 0 spiro atoms. The number of methoxy groups -OCH3 is 1. The molecule has 0 aromatic heterocycles. The molecule has 5 heteroatoms. The fourth-order valence-corrected chi connectivity index (χ4v) is 1.64. The van der Waals surface area contributed by atoms with Gasteiger partial charge in [0.25, 0.3) is 0 Å². The van der Waals surface area contributed by atoms with Crippen molar-refractivity contribution in [3.05, 3.63) is 35.1 Å². The average Bonchev–Trinajstić information content (AvgIpc) is 2.36. The third-order valence-electron chi connectivity index (χ3n) is 2.75. The van der Waals surface area contributed by atoms with Crippen molar-refractivity contribution >= 4 is 5.97 Å². The van der Waals surface area contributed by atoms with E-state index in [-0.39, 0.29) is 11.4 Å². The van der Waals surface area contributed by atoms with Gasteiger partial charge in [-0.15, -0.1) is 0 Å². The van der Waals surface area contributed by atoms with E-state index in [0.29, 0.717) is 25.3 Å². The Kier molecular flexibility index (Phi) is 5.74. The monoisotopic (exact) mass is 255 g/mol. The topological polar surface area (TPSA) is 49.8 Å². The second kappa shape index (κ2) is 7.08. The Morgan fingerprint density at radius 1 is 1.50 bits per heavy atom. The van der Waals surface area contributed by atoms with Gasteiger partial charge in [0.05, 0.1) is 12.2 Å². The Labute approximate surface area is 106 Å². The Hall–Kier alpha value is -1.46. The lowest BCUT2D eigenvalue weighted by Gasteiger charge is -2.20. The predicted octanol–water partition coefficient (Wildman–Crippen LogP) is 1.99. The number of halogens is 1. The van der Waals surface area contributed by atoms with E-state index in [9.17, 15) is 9.18 Å². The number of ether oxygens (including phenoxy) is 1. The van der Waals surface area contributed by atoms with Gasteiger partial charge in [-0.25, -0.2) is 9.18 Å². The molecule has 4 nitrogen and oxygen atoms in total. The van der Waals surface area contributed by atoms with Crippen LogP contribution in [0.25, 0.3) is 0 Å². The first-order chi connectivity index (χ1) is 8.58. The smallest absolute Gasteiger partial charge is 0.335 e. The number of benzene rings is 1. The lowest BCUT2D eigenvalue weighted by Crippen LogP contribution is -2.27. The molecule has 0 saturated heterocycles. The number of carboxylic acid groups (broad SMARTS) is 1. The molecule has 100 valence electrons. The number of rotatable bonds is 7. The third kappa shape index (κ3) is 4.09. The number of aromatic carboxylic acids is 1. The van der Waals surface area contributed by atoms with Crippen molar-refractivity contribution < 1.29 is 19.0 Å². The number of carboxylic acids is 1. The van der Waals surface area contributed by atoms with Crippen LogP contribution in [-0.2, 0) is 11.3 Å². The summed E-state index contributed by atoms with van der Waals surface area (Å²) in [5.74, 6) is -1.42.